The second-order valence-electron chi connectivity index (χ2n) is 3.78. The van der Waals surface area contributed by atoms with Gasteiger partial charge in [-0.3, -0.25) is 0 Å². The number of urea groups is 1. The highest BCUT2D eigenvalue weighted by atomic mass is 31.0. The third-order valence-electron chi connectivity index (χ3n) is 2.61. The summed E-state index contributed by atoms with van der Waals surface area (Å²) < 4.78 is 0. The topological polar surface area (TPSA) is 61.8 Å². The molecule has 0 heterocycles. The minimum atomic E-state index is -0.362. The average Bonchev–Trinajstić information content (AvgIpc) is 2.27. The first-order valence-electron chi connectivity index (χ1n) is 5.39. The van der Waals surface area contributed by atoms with Crippen LogP contribution in [0.2, 0.25) is 0 Å². The van der Waals surface area contributed by atoms with Crippen molar-refractivity contribution in [3.63, 3.8) is 0 Å². The zero-order valence-corrected chi connectivity index (χ0v) is 9.97. The molecule has 0 bridgehead atoms. The van der Waals surface area contributed by atoms with Crippen LogP contribution in [0.15, 0.2) is 5.29 Å². The second kappa shape index (κ2) is 6.72. The molecule has 0 aliphatic heterocycles. The molecule has 0 aromatic heterocycles. The van der Waals surface area contributed by atoms with Gasteiger partial charge in [-0.1, -0.05) is 19.3 Å². The van der Waals surface area contributed by atoms with Crippen molar-refractivity contribution in [2.45, 2.75) is 38.1 Å². The monoisotopic (exact) mass is 231 g/mol. The van der Waals surface area contributed by atoms with E-state index in [-0.39, 0.29) is 12.1 Å². The molecule has 0 spiro atoms. The van der Waals surface area contributed by atoms with Crippen LogP contribution in [0.1, 0.15) is 32.1 Å². The van der Waals surface area contributed by atoms with Crippen LogP contribution in [-0.2, 0) is 0 Å². The lowest BCUT2D eigenvalue weighted by Crippen LogP contribution is -2.43. The molecule has 1 saturated carbocycles. The summed E-state index contributed by atoms with van der Waals surface area (Å²) in [6.45, 7) is 0.354. The molecule has 0 aromatic rings. The Bertz CT molecular complexity index is 219. The van der Waals surface area contributed by atoms with E-state index < -0.39 is 0 Å². The highest BCUT2D eigenvalue weighted by Gasteiger charge is 2.19. The zero-order valence-electron chi connectivity index (χ0n) is 8.82. The Kier molecular flexibility index (Phi) is 5.54. The molecule has 2 amide bonds. The largest absolute Gasteiger partial charge is 0.340 e. The number of carbonyl (C=O) groups is 1. The third kappa shape index (κ3) is 4.12. The molecule has 1 aliphatic carbocycles. The molecule has 1 N–H and O–H groups in total. The van der Waals surface area contributed by atoms with Crippen LogP contribution < -0.4 is 5.32 Å². The Morgan fingerprint density at radius 1 is 1.40 bits per heavy atom. The average molecular weight is 231 g/mol. The highest BCUT2D eigenvalue weighted by molar-refractivity contribution is 7.16. The lowest BCUT2D eigenvalue weighted by molar-refractivity contribution is 0.194. The minimum absolute atomic E-state index is 0.222. The number of amides is 2. The number of hydrogen-bond donors (Lipinski definition) is 1. The van der Waals surface area contributed by atoms with Crippen LogP contribution in [0.5, 0.6) is 0 Å². The fourth-order valence-corrected chi connectivity index (χ4v) is 2.04. The van der Waals surface area contributed by atoms with Gasteiger partial charge in [-0.25, -0.2) is 4.79 Å². The molecular formula is C9H18N3O2P. The highest BCUT2D eigenvalue weighted by Crippen LogP contribution is 2.17. The lowest BCUT2D eigenvalue weighted by Gasteiger charge is -2.24. The summed E-state index contributed by atoms with van der Waals surface area (Å²) in [4.78, 5) is 21.9. The molecule has 1 fully saturated rings. The van der Waals surface area contributed by atoms with Gasteiger partial charge in [-0.15, -0.1) is 14.1 Å². The summed E-state index contributed by atoms with van der Waals surface area (Å²) in [7, 11) is 2.47. The quantitative estimate of drug-likeness (QED) is 0.456. The van der Waals surface area contributed by atoms with E-state index in [9.17, 15) is 9.70 Å². The van der Waals surface area contributed by atoms with Gasteiger partial charge in [-0.2, -0.15) is 5.01 Å². The molecule has 1 aliphatic rings. The van der Waals surface area contributed by atoms with Crippen LogP contribution in [0.3, 0.4) is 0 Å². The summed E-state index contributed by atoms with van der Waals surface area (Å²) in [6.07, 6.45) is 6.24. The maximum Gasteiger partial charge on any atom is 0.340 e. The number of nitroso groups, excluding NO2 is 1. The second-order valence-corrected chi connectivity index (χ2v) is 4.36. The van der Waals surface area contributed by atoms with E-state index in [0.29, 0.717) is 12.7 Å². The summed E-state index contributed by atoms with van der Waals surface area (Å²) in [5.41, 5.74) is 0. The molecule has 0 aromatic carbocycles. The smallest absolute Gasteiger partial charge is 0.334 e. The van der Waals surface area contributed by atoms with E-state index in [1.165, 1.54) is 6.42 Å². The maximum atomic E-state index is 11.5. The molecule has 0 saturated heterocycles. The van der Waals surface area contributed by atoms with Gasteiger partial charge in [0.15, 0.2) is 0 Å². The molecule has 86 valence electrons. The minimum Gasteiger partial charge on any atom is -0.334 e. The third-order valence-corrected chi connectivity index (χ3v) is 2.86. The van der Waals surface area contributed by atoms with Gasteiger partial charge in [-0.05, 0) is 19.0 Å². The summed E-state index contributed by atoms with van der Waals surface area (Å²) in [6, 6.07) is -0.139. The lowest BCUT2D eigenvalue weighted by atomic mass is 9.96. The van der Waals surface area contributed by atoms with Crippen molar-refractivity contribution in [2.75, 3.05) is 12.7 Å². The first-order chi connectivity index (χ1) is 7.27. The summed E-state index contributed by atoms with van der Waals surface area (Å²) in [5.74, 6) is 0. The Hall–Kier alpha value is -0.700. The van der Waals surface area contributed by atoms with Crippen LogP contribution in [0.4, 0.5) is 4.79 Å². The zero-order chi connectivity index (χ0) is 11.1. The Morgan fingerprint density at radius 2 is 2.07 bits per heavy atom. The Morgan fingerprint density at radius 3 is 2.60 bits per heavy atom. The number of rotatable bonds is 4. The van der Waals surface area contributed by atoms with Crippen LogP contribution in [-0.4, -0.2) is 29.8 Å². The van der Waals surface area contributed by atoms with Gasteiger partial charge in [0.2, 0.25) is 0 Å². The van der Waals surface area contributed by atoms with Crippen molar-refractivity contribution in [1.29, 1.82) is 0 Å². The van der Waals surface area contributed by atoms with Gasteiger partial charge in [0.25, 0.3) is 0 Å². The molecule has 1 rings (SSSR count). The van der Waals surface area contributed by atoms with Gasteiger partial charge in [0.05, 0.1) is 11.8 Å². The fraction of sp³-hybridized carbons (Fsp3) is 0.889. The van der Waals surface area contributed by atoms with E-state index in [0.717, 1.165) is 30.7 Å². The Labute approximate surface area is 92.1 Å². The van der Waals surface area contributed by atoms with E-state index in [4.69, 9.17) is 0 Å². The van der Waals surface area contributed by atoms with E-state index in [2.05, 4.69) is 19.8 Å². The first kappa shape index (κ1) is 12.4. The predicted molar refractivity (Wildman–Crippen MR) is 62.5 cm³/mol. The molecular weight excluding hydrogens is 213 g/mol. The molecule has 15 heavy (non-hydrogen) atoms. The predicted octanol–water partition coefficient (Wildman–Crippen LogP) is 1.89. The molecule has 0 radical (unpaired) electrons. The fourth-order valence-electron chi connectivity index (χ4n) is 1.80. The number of hydrogen-bond acceptors (Lipinski definition) is 3. The van der Waals surface area contributed by atoms with Crippen molar-refractivity contribution >= 4 is 15.3 Å². The van der Waals surface area contributed by atoms with Crippen molar-refractivity contribution in [1.82, 2.24) is 10.3 Å². The van der Waals surface area contributed by atoms with E-state index >= 15 is 0 Å². The molecule has 1 atom stereocenters. The summed E-state index contributed by atoms with van der Waals surface area (Å²) >= 11 is 0. The molecule has 1 unspecified atom stereocenters. The number of nitrogens with zero attached hydrogens (tertiary/aromatic N) is 2. The van der Waals surface area contributed by atoms with Gasteiger partial charge >= 0.3 is 6.03 Å². The van der Waals surface area contributed by atoms with E-state index in [1.807, 2.05) is 0 Å². The number of nitrogens with one attached hydrogen (secondary N) is 1. The van der Waals surface area contributed by atoms with Crippen LogP contribution in [0, 0.1) is 4.91 Å². The maximum absolute atomic E-state index is 11.5. The molecule has 6 heteroatoms. The Balaban J connectivity index is 2.34. The van der Waals surface area contributed by atoms with Crippen LogP contribution >= 0.6 is 9.24 Å². The van der Waals surface area contributed by atoms with Crippen LogP contribution in [0.25, 0.3) is 0 Å². The van der Waals surface area contributed by atoms with Gasteiger partial charge < -0.3 is 5.32 Å². The van der Waals surface area contributed by atoms with Crippen molar-refractivity contribution in [3.05, 3.63) is 4.91 Å². The molecule has 5 nitrogen and oxygen atoms in total. The standard InChI is InChI=1S/C9H18N3O2P/c13-9(12(11-14)6-7-15)10-8-4-2-1-3-5-8/h8H,1-7,15H2,(H,10,13). The normalized spacial score (nSPS) is 17.1. The van der Waals surface area contributed by atoms with Crippen molar-refractivity contribution in [3.8, 4) is 0 Å². The summed E-state index contributed by atoms with van der Waals surface area (Å²) in [5, 5.41) is 6.49. The van der Waals surface area contributed by atoms with E-state index in [1.54, 1.807) is 0 Å². The first-order valence-corrected chi connectivity index (χ1v) is 6.21. The van der Waals surface area contributed by atoms with Crippen molar-refractivity contribution < 1.29 is 4.79 Å². The number of carbonyl (C=O) groups excluding carboxylic acids is 1. The van der Waals surface area contributed by atoms with Gasteiger partial charge in [0, 0.05) is 6.04 Å². The van der Waals surface area contributed by atoms with Crippen molar-refractivity contribution in [2.24, 2.45) is 5.29 Å². The van der Waals surface area contributed by atoms with Gasteiger partial charge in [0.1, 0.15) is 0 Å². The SMILES string of the molecule is O=NN(CCP)C(=O)NC1CCCCC1.